The van der Waals surface area contributed by atoms with Crippen molar-refractivity contribution in [3.63, 3.8) is 0 Å². The number of hydrogen-bond donors (Lipinski definition) is 0. The molecule has 0 aliphatic carbocycles. The van der Waals surface area contributed by atoms with Crippen molar-refractivity contribution in [1.82, 2.24) is 0 Å². The van der Waals surface area contributed by atoms with Crippen LogP contribution in [-0.2, 0) is 16.4 Å². The summed E-state index contributed by atoms with van der Waals surface area (Å²) in [5.41, 5.74) is 0. The van der Waals surface area contributed by atoms with Gasteiger partial charge in [0.2, 0.25) is 0 Å². The summed E-state index contributed by atoms with van der Waals surface area (Å²) < 4.78 is 0. The smallest absolute Gasteiger partial charge is 2.00 e. The summed E-state index contributed by atoms with van der Waals surface area (Å²) in [7, 11) is 0. The topological polar surface area (TPSA) is 85.5 Å². The molecule has 0 saturated heterocycles. The Morgan fingerprint density at radius 2 is 0.500 bits per heavy atom. The van der Waals surface area contributed by atoms with Crippen LogP contribution in [0.25, 0.3) is 0 Å². The summed E-state index contributed by atoms with van der Waals surface area (Å²) >= 11 is 0. The minimum atomic E-state index is 0. The number of rotatable bonds is 0. The van der Waals surface area contributed by atoms with Crippen LogP contribution in [0.15, 0.2) is 0 Å². The van der Waals surface area contributed by atoms with E-state index in [9.17, 15) is 0 Å². The van der Waals surface area contributed by atoms with Crippen LogP contribution in [0.2, 0.25) is 0 Å². The van der Waals surface area contributed by atoms with Gasteiger partial charge in [-0.15, -0.1) is 0 Å². The van der Waals surface area contributed by atoms with Crippen molar-refractivity contribution >= 4 is 39.6 Å². The third-order valence-electron chi connectivity index (χ3n) is 0. The first kappa shape index (κ1) is 204. The number of hydrogen-bond acceptors (Lipinski definition) is 0. The van der Waals surface area contributed by atoms with Crippen LogP contribution in [0.3, 0.4) is 0 Å². The third kappa shape index (κ3) is 66.9. The molecule has 0 bridgehead atoms. The minimum absolute atomic E-state index is 0. The summed E-state index contributed by atoms with van der Waals surface area (Å²) in [6.45, 7) is 0. The van der Waals surface area contributed by atoms with Crippen molar-refractivity contribution in [2.45, 2.75) is 7.43 Å². The molecule has 0 unspecified atom stereocenters. The molecule has 0 aliphatic rings. The van der Waals surface area contributed by atoms with Gasteiger partial charge in [-0.1, -0.05) is 7.43 Å². The van der Waals surface area contributed by atoms with Gasteiger partial charge in [-0.05, 0) is 0 Å². The van der Waals surface area contributed by atoms with Crippen LogP contribution in [0.1, 0.15) is 7.43 Å². The predicted molar refractivity (Wildman–Crippen MR) is 20.3 cm³/mol. The molecule has 0 amide bonds. The van der Waals surface area contributed by atoms with E-state index in [1.165, 1.54) is 0 Å². The molecule has 3 nitrogen and oxygen atoms in total. The second kappa shape index (κ2) is 123. The van der Waals surface area contributed by atoms with Gasteiger partial charge in [-0.3, -0.25) is 0 Å². The summed E-state index contributed by atoms with van der Waals surface area (Å²) in [6.07, 6.45) is 0. The largest absolute Gasteiger partial charge is 3.00 e. The van der Waals surface area contributed by atoms with Crippen molar-refractivity contribution in [2.24, 2.45) is 0 Å². The molecule has 0 heterocycles. The molecule has 32 valence electrons. The van der Waals surface area contributed by atoms with Crippen molar-refractivity contribution < 1.29 is 16.4 Å². The monoisotopic (exact) mass is 202 g/mol. The van der Waals surface area contributed by atoms with Gasteiger partial charge in [-0.2, -0.15) is 0 Å². The fourth-order valence-electron chi connectivity index (χ4n) is 0. The zero-order valence-electron chi connectivity index (χ0n) is 2.38. The van der Waals surface area contributed by atoms with E-state index in [0.29, 0.717) is 0 Å². The molecule has 0 aromatic rings. The predicted octanol–water partition coefficient (Wildman–Crippen LogP) is -0.482. The van der Waals surface area contributed by atoms with Gasteiger partial charge in [0.25, 0.3) is 0 Å². The Hall–Kier alpha value is 1.15. The van der Waals surface area contributed by atoms with Gasteiger partial charge in [0, 0.05) is 0 Å². The summed E-state index contributed by atoms with van der Waals surface area (Å²) in [4.78, 5) is 0. The summed E-state index contributed by atoms with van der Waals surface area (Å²) in [5.74, 6) is 0. The zero-order chi connectivity index (χ0) is 0. The van der Waals surface area contributed by atoms with Crippen LogP contribution in [-0.4, -0.2) is 39.6 Å². The molecule has 5 heteroatoms. The van der Waals surface area contributed by atoms with E-state index in [4.69, 9.17) is 0 Å². The van der Waals surface area contributed by atoms with E-state index in [0.717, 1.165) is 0 Å². The quantitative estimate of drug-likeness (QED) is 0.476. The van der Waals surface area contributed by atoms with Crippen LogP contribution in [0.5, 0.6) is 0 Å². The van der Waals surface area contributed by atoms with E-state index in [2.05, 4.69) is 0 Å². The first-order valence-corrected chi connectivity index (χ1v) is 0. The molecule has 0 aromatic heterocycles. The van der Waals surface area contributed by atoms with E-state index in [1.807, 2.05) is 0 Å². The molecular weight excluding hydrogens is 199 g/mol. The van der Waals surface area contributed by atoms with Gasteiger partial charge in [0.05, 0.1) is 0 Å². The van der Waals surface area contributed by atoms with Gasteiger partial charge in [0.15, 0.2) is 0 Å². The Labute approximate surface area is 63.5 Å². The summed E-state index contributed by atoms with van der Waals surface area (Å²) in [6, 6.07) is 0. The average molecular weight is 203 g/mol. The Balaban J connectivity index is 0. The van der Waals surface area contributed by atoms with Gasteiger partial charge in [0.1, 0.15) is 0 Å². The molecular formula is CH4Ga2O3. The Morgan fingerprint density at radius 3 is 0.500 bits per heavy atom. The van der Waals surface area contributed by atoms with Crippen molar-refractivity contribution in [2.75, 3.05) is 0 Å². The van der Waals surface area contributed by atoms with Gasteiger partial charge in [-0.25, -0.2) is 0 Å². The maximum Gasteiger partial charge on any atom is 3.00 e. The van der Waals surface area contributed by atoms with E-state index >= 15 is 0 Å². The van der Waals surface area contributed by atoms with Crippen molar-refractivity contribution in [1.29, 1.82) is 0 Å². The SMILES string of the molecule is C.[Ga+3].[Ga+3].[O-2].[O-2].[O-2]. The first-order chi connectivity index (χ1) is 0. The van der Waals surface area contributed by atoms with Crippen LogP contribution in [0, 0.1) is 0 Å². The van der Waals surface area contributed by atoms with E-state index in [1.54, 1.807) is 0 Å². The Bertz CT molecular complexity index is 8.75. The normalized spacial score (nSPS) is 0. The maximum absolute atomic E-state index is 0. The van der Waals surface area contributed by atoms with Crippen LogP contribution >= 0.6 is 0 Å². The second-order valence-corrected chi connectivity index (χ2v) is 0. The molecule has 0 aliphatic heterocycles. The fraction of sp³-hybridized carbons (Fsp3) is 1.00. The molecule has 6 heavy (non-hydrogen) atoms. The minimum Gasteiger partial charge on any atom is -2.00 e. The van der Waals surface area contributed by atoms with Crippen molar-refractivity contribution in [3.8, 4) is 0 Å². The average Bonchev–Trinajstić information content (AvgIpc) is 0. The molecule has 0 fully saturated rings. The first-order valence-electron chi connectivity index (χ1n) is 0. The van der Waals surface area contributed by atoms with Crippen LogP contribution in [0.4, 0.5) is 0 Å². The summed E-state index contributed by atoms with van der Waals surface area (Å²) in [5, 5.41) is 0. The van der Waals surface area contributed by atoms with E-state index in [-0.39, 0.29) is 63.4 Å². The molecule has 0 N–H and O–H groups in total. The van der Waals surface area contributed by atoms with Gasteiger partial charge < -0.3 is 16.4 Å². The molecule has 0 aromatic carbocycles. The third-order valence-corrected chi connectivity index (χ3v) is 0. The molecule has 0 atom stereocenters. The van der Waals surface area contributed by atoms with Crippen molar-refractivity contribution in [3.05, 3.63) is 0 Å². The standard InChI is InChI=1S/CH4.2Ga.3O/h1H4;;;;;/q;2*+3;3*-2. The van der Waals surface area contributed by atoms with Gasteiger partial charge >= 0.3 is 39.6 Å². The Kier molecular flexibility index (Phi) is 4180. The van der Waals surface area contributed by atoms with E-state index < -0.39 is 0 Å². The Morgan fingerprint density at radius 1 is 0.500 bits per heavy atom. The zero-order valence-corrected chi connectivity index (χ0v) is 7.22. The molecule has 0 spiro atoms. The molecule has 0 saturated carbocycles. The van der Waals surface area contributed by atoms with Crippen LogP contribution < -0.4 is 0 Å². The maximum atomic E-state index is 0. The molecule has 0 radical (unpaired) electrons. The second-order valence-electron chi connectivity index (χ2n) is 0. The molecule has 0 rings (SSSR count). The fourth-order valence-corrected chi connectivity index (χ4v) is 0.